The number of nitrogens with two attached hydrogens (primary N) is 1. The average Bonchev–Trinajstić information content (AvgIpc) is 3.25. The van der Waals surface area contributed by atoms with E-state index >= 15 is 4.39 Å². The zero-order valence-corrected chi connectivity index (χ0v) is 20.4. The third-order valence-electron chi connectivity index (χ3n) is 4.85. The molecule has 0 saturated carbocycles. The monoisotopic (exact) mass is 489 g/mol. The Hall–Kier alpha value is -1.92. The molecular weight excluding hydrogens is 460 g/mol. The molecule has 1 unspecified atom stereocenters. The van der Waals surface area contributed by atoms with E-state index in [2.05, 4.69) is 25.4 Å². The number of imidazole rings is 1. The Morgan fingerprint density at radius 2 is 2.22 bits per heavy atom. The van der Waals surface area contributed by atoms with Crippen molar-refractivity contribution in [3.63, 3.8) is 0 Å². The van der Waals surface area contributed by atoms with E-state index in [1.165, 1.54) is 6.33 Å². The van der Waals surface area contributed by atoms with Gasteiger partial charge in [-0.3, -0.25) is 14.4 Å². The molecule has 0 aromatic carbocycles. The molecule has 11 nitrogen and oxygen atoms in total. The summed E-state index contributed by atoms with van der Waals surface area (Å²) in [6.07, 6.45) is 0.712. The number of ether oxygens (including phenoxy) is 2. The summed E-state index contributed by atoms with van der Waals surface area (Å²) in [5.41, 5.74) is 6.74. The smallest absolute Gasteiger partial charge is 0.323 e. The molecule has 1 aliphatic rings. The van der Waals surface area contributed by atoms with Crippen molar-refractivity contribution >= 4 is 47.8 Å². The summed E-state index contributed by atoms with van der Waals surface area (Å²) in [6, 6.07) is -0.653. The molecule has 2 aromatic heterocycles. The van der Waals surface area contributed by atoms with E-state index in [0.717, 1.165) is 0 Å². The number of aromatic nitrogens is 4. The van der Waals surface area contributed by atoms with E-state index in [0.29, 0.717) is 17.0 Å². The van der Waals surface area contributed by atoms with Crippen LogP contribution in [0.3, 0.4) is 0 Å². The fraction of sp³-hybridized carbons (Fsp3) is 0.667. The van der Waals surface area contributed by atoms with Gasteiger partial charge in [0, 0.05) is 19.4 Å². The number of hydrogen-bond acceptors (Lipinski definition) is 10. The number of halogens is 1. The van der Waals surface area contributed by atoms with Gasteiger partial charge < -0.3 is 25.0 Å². The number of carbonyl (C=O) groups is 1. The topological polar surface area (TPSA) is 138 Å². The quantitative estimate of drug-likeness (QED) is 0.353. The molecule has 2 aromatic rings. The molecule has 14 heteroatoms. The van der Waals surface area contributed by atoms with Crippen molar-refractivity contribution in [3.05, 3.63) is 6.33 Å². The van der Waals surface area contributed by atoms with Crippen molar-refractivity contribution in [2.45, 2.75) is 58.3 Å². The number of rotatable bonds is 9. The van der Waals surface area contributed by atoms with Crippen LogP contribution < -0.4 is 16.1 Å². The fourth-order valence-corrected chi connectivity index (χ4v) is 5.07. The number of fused-ring (bicyclic) bond motifs is 1. The van der Waals surface area contributed by atoms with Crippen LogP contribution in [-0.4, -0.2) is 57.1 Å². The molecular formula is C18H29FN7O4PS. The minimum absolute atomic E-state index is 0.0682. The van der Waals surface area contributed by atoms with Gasteiger partial charge in [-0.15, -0.1) is 0 Å². The number of nitrogens with zero attached hydrogens (tertiary/aromatic N) is 4. The molecule has 178 valence electrons. The van der Waals surface area contributed by atoms with Crippen molar-refractivity contribution in [2.24, 2.45) is 5.92 Å². The van der Waals surface area contributed by atoms with Crippen LogP contribution in [0.1, 0.15) is 40.3 Å². The van der Waals surface area contributed by atoms with Gasteiger partial charge in [0.2, 0.25) is 11.8 Å². The molecule has 1 fully saturated rings. The Bertz CT molecular complexity index is 1010. The normalized spacial score (nSPS) is 25.2. The van der Waals surface area contributed by atoms with Crippen LogP contribution in [0.5, 0.6) is 0 Å². The number of anilines is 2. The number of nitrogens with one attached hydrogen (secondary N) is 2. The lowest BCUT2D eigenvalue weighted by atomic mass is 10.1. The van der Waals surface area contributed by atoms with Crippen molar-refractivity contribution in [1.82, 2.24) is 24.6 Å². The van der Waals surface area contributed by atoms with Crippen molar-refractivity contribution in [2.75, 3.05) is 24.7 Å². The van der Waals surface area contributed by atoms with Crippen molar-refractivity contribution < 1.29 is 23.2 Å². The summed E-state index contributed by atoms with van der Waals surface area (Å²) in [5, 5.41) is 5.78. The van der Waals surface area contributed by atoms with E-state index in [1.807, 2.05) is 6.92 Å². The lowest BCUT2D eigenvalue weighted by Crippen LogP contribution is -2.34. The third kappa shape index (κ3) is 5.52. The van der Waals surface area contributed by atoms with Gasteiger partial charge in [-0.05, 0) is 20.8 Å². The first-order valence-corrected chi connectivity index (χ1v) is 12.8. The predicted octanol–water partition coefficient (Wildman–Crippen LogP) is 2.12. The van der Waals surface area contributed by atoms with Gasteiger partial charge in [-0.1, -0.05) is 18.7 Å². The molecule has 5 atom stereocenters. The minimum atomic E-state index is -2.08. The van der Waals surface area contributed by atoms with Crippen LogP contribution in [-0.2, 0) is 30.6 Å². The molecule has 0 radical (unpaired) electrons. The molecule has 32 heavy (non-hydrogen) atoms. The first kappa shape index (κ1) is 24.7. The minimum Gasteiger partial charge on any atom is -0.462 e. The Balaban J connectivity index is 1.65. The third-order valence-corrected chi connectivity index (χ3v) is 6.64. The summed E-state index contributed by atoms with van der Waals surface area (Å²) in [6.45, 7) is 6.63. The van der Waals surface area contributed by atoms with E-state index in [9.17, 15) is 4.79 Å². The van der Waals surface area contributed by atoms with E-state index in [4.69, 9.17) is 31.5 Å². The number of hydrogen-bond donors (Lipinski definition) is 3. The summed E-state index contributed by atoms with van der Waals surface area (Å²) < 4.78 is 33.5. The SMILES string of the molecule is CNc1nc(N)nc2c1ncn2[C@@H]1O[C@](F)(CO[PH](=S)N[C@H](C)C(=O)OC(C)C)C[C@@H]1C. The highest BCUT2D eigenvalue weighted by molar-refractivity contribution is 8.02. The van der Waals surface area contributed by atoms with Gasteiger partial charge in [0.1, 0.15) is 26.0 Å². The maximum atomic E-state index is 15.5. The average molecular weight is 490 g/mol. The van der Waals surface area contributed by atoms with Gasteiger partial charge in [-0.25, -0.2) is 9.37 Å². The molecule has 3 heterocycles. The lowest BCUT2D eigenvalue weighted by molar-refractivity contribution is -0.171. The molecule has 4 N–H and O–H groups in total. The summed E-state index contributed by atoms with van der Waals surface area (Å²) in [4.78, 5) is 24.6. The van der Waals surface area contributed by atoms with Crippen LogP contribution in [0.2, 0.25) is 0 Å². The molecule has 1 aliphatic heterocycles. The maximum Gasteiger partial charge on any atom is 0.323 e. The zero-order chi connectivity index (χ0) is 23.6. The predicted molar refractivity (Wildman–Crippen MR) is 122 cm³/mol. The van der Waals surface area contributed by atoms with Gasteiger partial charge in [-0.2, -0.15) is 9.97 Å². The fourth-order valence-electron chi connectivity index (χ4n) is 3.47. The first-order chi connectivity index (χ1) is 15.0. The van der Waals surface area contributed by atoms with Gasteiger partial charge in [0.25, 0.3) is 0 Å². The second-order valence-corrected chi connectivity index (χ2v) is 10.3. The Morgan fingerprint density at radius 1 is 1.50 bits per heavy atom. The summed E-state index contributed by atoms with van der Waals surface area (Å²) >= 11 is 5.26. The Labute approximate surface area is 191 Å². The van der Waals surface area contributed by atoms with E-state index in [-0.39, 0.29) is 31.0 Å². The molecule has 0 aliphatic carbocycles. The number of esters is 1. The van der Waals surface area contributed by atoms with Gasteiger partial charge in [0.05, 0.1) is 12.4 Å². The second-order valence-electron chi connectivity index (χ2n) is 8.01. The Morgan fingerprint density at radius 3 is 2.88 bits per heavy atom. The summed E-state index contributed by atoms with van der Waals surface area (Å²) in [5.74, 6) is -2.15. The van der Waals surface area contributed by atoms with Crippen LogP contribution in [0, 0.1) is 5.92 Å². The number of alkyl halides is 1. The molecule has 0 amide bonds. The molecule has 1 saturated heterocycles. The number of carbonyl (C=O) groups excluding carboxylic acids is 1. The van der Waals surface area contributed by atoms with E-state index in [1.54, 1.807) is 32.4 Å². The number of nitrogen functional groups attached to an aromatic ring is 1. The highest BCUT2D eigenvalue weighted by Crippen LogP contribution is 2.44. The largest absolute Gasteiger partial charge is 0.462 e. The van der Waals surface area contributed by atoms with Crippen LogP contribution in [0.25, 0.3) is 11.2 Å². The Kier molecular flexibility index (Phi) is 7.66. The van der Waals surface area contributed by atoms with Crippen LogP contribution in [0.4, 0.5) is 16.2 Å². The maximum absolute atomic E-state index is 15.5. The molecule has 0 spiro atoms. The van der Waals surface area contributed by atoms with E-state index < -0.39 is 31.2 Å². The lowest BCUT2D eigenvalue weighted by Gasteiger charge is -2.23. The van der Waals surface area contributed by atoms with Gasteiger partial charge >= 0.3 is 5.97 Å². The van der Waals surface area contributed by atoms with Crippen LogP contribution in [0.15, 0.2) is 6.33 Å². The molecule has 0 bridgehead atoms. The highest BCUT2D eigenvalue weighted by Gasteiger charge is 2.47. The first-order valence-electron chi connectivity index (χ1n) is 10.2. The van der Waals surface area contributed by atoms with Gasteiger partial charge in [0.15, 0.2) is 17.0 Å². The molecule has 3 rings (SSSR count). The second kappa shape index (κ2) is 9.92. The van der Waals surface area contributed by atoms with Crippen molar-refractivity contribution in [1.29, 1.82) is 0 Å². The zero-order valence-electron chi connectivity index (χ0n) is 18.6. The van der Waals surface area contributed by atoms with Crippen molar-refractivity contribution in [3.8, 4) is 0 Å². The summed E-state index contributed by atoms with van der Waals surface area (Å²) in [7, 11) is -0.383. The standard InChI is InChI=1S/C18H29FN7O4PS/c1-9(2)29-16(27)11(4)25-31(32)28-7-18(19)6-10(3)15(30-18)26-8-22-12-13(21-5)23-17(20)24-14(12)26/h8-11,15,31H,6-7H2,1-5H3,(H,25,32)(H3,20,21,23,24)/t10-,11+,15+,18-/m0/s1. The van der Waals surface area contributed by atoms with Crippen LogP contribution >= 0.6 is 7.07 Å². The highest BCUT2D eigenvalue weighted by atomic mass is 32.4.